The number of aromatic nitrogens is 1. The van der Waals surface area contributed by atoms with Crippen molar-refractivity contribution in [1.29, 1.82) is 0 Å². The van der Waals surface area contributed by atoms with Gasteiger partial charge in [-0.15, -0.1) is 11.3 Å². The SMILES string of the molecule is Cc1ncsc1C(=O)N1CCCC(CCO)C1. The van der Waals surface area contributed by atoms with Crippen molar-refractivity contribution in [2.45, 2.75) is 26.2 Å². The van der Waals surface area contributed by atoms with Crippen molar-refractivity contribution in [2.75, 3.05) is 19.7 Å². The Bertz CT molecular complexity index is 390. The Hall–Kier alpha value is -0.940. The van der Waals surface area contributed by atoms with Crippen LogP contribution in [0, 0.1) is 12.8 Å². The smallest absolute Gasteiger partial charge is 0.265 e. The molecule has 1 fully saturated rings. The van der Waals surface area contributed by atoms with Crippen LogP contribution in [0.4, 0.5) is 0 Å². The van der Waals surface area contributed by atoms with E-state index in [1.165, 1.54) is 11.3 Å². The van der Waals surface area contributed by atoms with Crippen molar-refractivity contribution in [3.05, 3.63) is 16.1 Å². The molecule has 1 aliphatic rings. The molecule has 94 valence electrons. The molecule has 1 unspecified atom stereocenters. The van der Waals surface area contributed by atoms with E-state index >= 15 is 0 Å². The number of aliphatic hydroxyl groups is 1. The van der Waals surface area contributed by atoms with Crippen LogP contribution >= 0.6 is 11.3 Å². The van der Waals surface area contributed by atoms with Crippen LogP contribution < -0.4 is 0 Å². The maximum Gasteiger partial charge on any atom is 0.265 e. The third-order valence-corrected chi connectivity index (χ3v) is 4.20. The molecule has 17 heavy (non-hydrogen) atoms. The largest absolute Gasteiger partial charge is 0.396 e. The predicted octanol–water partition coefficient (Wildman–Crippen LogP) is 1.69. The molecule has 2 heterocycles. The maximum atomic E-state index is 12.3. The highest BCUT2D eigenvalue weighted by molar-refractivity contribution is 7.11. The molecule has 0 saturated carbocycles. The summed E-state index contributed by atoms with van der Waals surface area (Å²) in [5.74, 6) is 0.554. The lowest BCUT2D eigenvalue weighted by Gasteiger charge is -2.32. The molecule has 1 aromatic rings. The second kappa shape index (κ2) is 5.60. The van der Waals surface area contributed by atoms with E-state index in [0.717, 1.165) is 42.9 Å². The van der Waals surface area contributed by atoms with Gasteiger partial charge in [-0.3, -0.25) is 4.79 Å². The van der Waals surface area contributed by atoms with E-state index < -0.39 is 0 Å². The Morgan fingerprint density at radius 3 is 3.18 bits per heavy atom. The van der Waals surface area contributed by atoms with Crippen LogP contribution in [-0.2, 0) is 0 Å². The molecule has 4 nitrogen and oxygen atoms in total. The van der Waals surface area contributed by atoms with E-state index in [0.29, 0.717) is 5.92 Å². The molecule has 5 heteroatoms. The van der Waals surface area contributed by atoms with Crippen LogP contribution in [0.1, 0.15) is 34.6 Å². The molecule has 1 aromatic heterocycles. The lowest BCUT2D eigenvalue weighted by atomic mass is 9.95. The van der Waals surface area contributed by atoms with Gasteiger partial charge in [0.25, 0.3) is 5.91 Å². The van der Waals surface area contributed by atoms with Gasteiger partial charge in [0.15, 0.2) is 0 Å². The fourth-order valence-electron chi connectivity index (χ4n) is 2.32. The first-order valence-electron chi connectivity index (χ1n) is 6.02. The van der Waals surface area contributed by atoms with Crippen molar-refractivity contribution in [3.8, 4) is 0 Å². The second-order valence-corrected chi connectivity index (χ2v) is 5.39. The monoisotopic (exact) mass is 254 g/mol. The first kappa shape index (κ1) is 12.5. The average Bonchev–Trinajstić information content (AvgIpc) is 2.75. The highest BCUT2D eigenvalue weighted by Gasteiger charge is 2.25. The van der Waals surface area contributed by atoms with Crippen molar-refractivity contribution in [1.82, 2.24) is 9.88 Å². The fraction of sp³-hybridized carbons (Fsp3) is 0.667. The molecular weight excluding hydrogens is 236 g/mol. The highest BCUT2D eigenvalue weighted by Crippen LogP contribution is 2.23. The van der Waals surface area contributed by atoms with Crippen molar-refractivity contribution in [2.24, 2.45) is 5.92 Å². The maximum absolute atomic E-state index is 12.3. The van der Waals surface area contributed by atoms with Crippen molar-refractivity contribution >= 4 is 17.2 Å². The number of likely N-dealkylation sites (tertiary alicyclic amines) is 1. The number of aryl methyl sites for hydroxylation is 1. The summed E-state index contributed by atoms with van der Waals surface area (Å²) in [6, 6.07) is 0. The molecule has 1 atom stereocenters. The Labute approximate surface area is 105 Å². The minimum absolute atomic E-state index is 0.104. The van der Waals surface area contributed by atoms with Crippen LogP contribution in [0.2, 0.25) is 0 Å². The predicted molar refractivity (Wildman–Crippen MR) is 67.2 cm³/mol. The van der Waals surface area contributed by atoms with Crippen LogP contribution in [0.15, 0.2) is 5.51 Å². The van der Waals surface area contributed by atoms with E-state index in [1.54, 1.807) is 5.51 Å². The Morgan fingerprint density at radius 2 is 2.53 bits per heavy atom. The Morgan fingerprint density at radius 1 is 1.71 bits per heavy atom. The number of aliphatic hydroxyl groups excluding tert-OH is 1. The molecule has 0 radical (unpaired) electrons. The van der Waals surface area contributed by atoms with E-state index in [2.05, 4.69) is 4.98 Å². The minimum atomic E-state index is 0.104. The Balaban J connectivity index is 2.02. The zero-order valence-corrected chi connectivity index (χ0v) is 10.9. The third-order valence-electron chi connectivity index (χ3n) is 3.28. The average molecular weight is 254 g/mol. The summed E-state index contributed by atoms with van der Waals surface area (Å²) in [4.78, 5) is 19.1. The van der Waals surface area contributed by atoms with E-state index in [9.17, 15) is 4.79 Å². The summed E-state index contributed by atoms with van der Waals surface area (Å²) in [5, 5.41) is 8.96. The van der Waals surface area contributed by atoms with E-state index in [4.69, 9.17) is 5.11 Å². The molecular formula is C12H18N2O2S. The quantitative estimate of drug-likeness (QED) is 0.893. The van der Waals surface area contributed by atoms with Gasteiger partial charge >= 0.3 is 0 Å². The number of piperidine rings is 1. The van der Waals surface area contributed by atoms with Crippen LogP contribution in [0.3, 0.4) is 0 Å². The summed E-state index contributed by atoms with van der Waals surface area (Å²) in [6.07, 6.45) is 2.95. The van der Waals surface area contributed by atoms with Gasteiger partial charge in [-0.2, -0.15) is 0 Å². The highest BCUT2D eigenvalue weighted by atomic mass is 32.1. The van der Waals surface area contributed by atoms with Gasteiger partial charge in [-0.1, -0.05) is 0 Å². The molecule has 0 bridgehead atoms. The molecule has 1 saturated heterocycles. The summed E-state index contributed by atoms with van der Waals surface area (Å²) in [5.41, 5.74) is 2.54. The molecule has 2 rings (SSSR count). The normalized spacial score (nSPS) is 20.6. The number of carbonyl (C=O) groups excluding carboxylic acids is 1. The summed E-state index contributed by atoms with van der Waals surface area (Å²) >= 11 is 1.41. The fourth-order valence-corrected chi connectivity index (χ4v) is 3.09. The zero-order valence-electron chi connectivity index (χ0n) is 10.1. The number of rotatable bonds is 3. The molecule has 1 amide bonds. The summed E-state index contributed by atoms with van der Waals surface area (Å²) < 4.78 is 0. The summed E-state index contributed by atoms with van der Waals surface area (Å²) in [6.45, 7) is 3.69. The van der Waals surface area contributed by atoms with Crippen molar-refractivity contribution < 1.29 is 9.90 Å². The first-order chi connectivity index (χ1) is 8.22. The van der Waals surface area contributed by atoms with Gasteiger partial charge in [-0.25, -0.2) is 4.98 Å². The molecule has 0 aromatic carbocycles. The molecule has 1 aliphatic heterocycles. The number of nitrogens with zero attached hydrogens (tertiary/aromatic N) is 2. The number of amides is 1. The van der Waals surface area contributed by atoms with E-state index in [-0.39, 0.29) is 12.5 Å². The Kier molecular flexibility index (Phi) is 4.12. The molecule has 1 N–H and O–H groups in total. The molecule has 0 spiro atoms. The number of carbonyl (C=O) groups is 1. The van der Waals surface area contributed by atoms with Gasteiger partial charge in [0, 0.05) is 19.7 Å². The third kappa shape index (κ3) is 2.84. The zero-order chi connectivity index (χ0) is 12.3. The topological polar surface area (TPSA) is 53.4 Å². The van der Waals surface area contributed by atoms with Gasteiger partial charge in [0.05, 0.1) is 11.2 Å². The lowest BCUT2D eigenvalue weighted by Crippen LogP contribution is -2.40. The van der Waals surface area contributed by atoms with Crippen LogP contribution in [-0.4, -0.2) is 40.6 Å². The van der Waals surface area contributed by atoms with Gasteiger partial charge in [0.2, 0.25) is 0 Å². The van der Waals surface area contributed by atoms with Gasteiger partial charge < -0.3 is 10.0 Å². The van der Waals surface area contributed by atoms with Crippen molar-refractivity contribution in [3.63, 3.8) is 0 Å². The first-order valence-corrected chi connectivity index (χ1v) is 6.90. The van der Waals surface area contributed by atoms with Crippen LogP contribution in [0.5, 0.6) is 0 Å². The number of thiazole rings is 1. The minimum Gasteiger partial charge on any atom is -0.396 e. The molecule has 0 aliphatic carbocycles. The van der Waals surface area contributed by atoms with Gasteiger partial charge in [-0.05, 0) is 32.1 Å². The number of hydrogen-bond donors (Lipinski definition) is 1. The lowest BCUT2D eigenvalue weighted by molar-refractivity contribution is 0.0657. The summed E-state index contributed by atoms with van der Waals surface area (Å²) in [7, 11) is 0. The van der Waals surface area contributed by atoms with E-state index in [1.807, 2.05) is 11.8 Å². The number of hydrogen-bond acceptors (Lipinski definition) is 4. The van der Waals surface area contributed by atoms with Gasteiger partial charge in [0.1, 0.15) is 4.88 Å². The van der Waals surface area contributed by atoms with Crippen LogP contribution in [0.25, 0.3) is 0 Å². The second-order valence-electron chi connectivity index (χ2n) is 4.54. The standard InChI is InChI=1S/C12H18N2O2S/c1-9-11(17-8-13-9)12(16)14-5-2-3-10(7-14)4-6-15/h8,10,15H,2-7H2,1H3.